The van der Waals surface area contributed by atoms with Crippen molar-refractivity contribution in [2.75, 3.05) is 31.9 Å². The Morgan fingerprint density at radius 3 is 2.42 bits per heavy atom. The number of hydrogen-bond acceptors (Lipinski definition) is 6. The van der Waals surface area contributed by atoms with Crippen LogP contribution in [-0.4, -0.2) is 50.6 Å². The molecule has 40 heavy (non-hydrogen) atoms. The molecule has 2 aliphatic heterocycles. The van der Waals surface area contributed by atoms with Crippen LogP contribution in [-0.2, 0) is 6.54 Å². The first-order chi connectivity index (χ1) is 19.6. The molecular weight excluding hydrogens is 494 g/mol. The molecule has 7 heteroatoms. The van der Waals surface area contributed by atoms with Gasteiger partial charge < -0.3 is 11.1 Å². The molecule has 2 unspecified atom stereocenters. The lowest BCUT2D eigenvalue weighted by Gasteiger charge is -2.17. The van der Waals surface area contributed by atoms with Crippen LogP contribution in [0.3, 0.4) is 0 Å². The number of nitrogens with two attached hydrogens (primary N) is 1. The summed E-state index contributed by atoms with van der Waals surface area (Å²) in [7, 11) is 0. The third kappa shape index (κ3) is 5.31. The number of rotatable bonds is 5. The summed E-state index contributed by atoms with van der Waals surface area (Å²) in [5.74, 6) is 2.82. The van der Waals surface area contributed by atoms with Crippen LogP contribution in [0, 0.1) is 11.8 Å². The molecule has 2 atom stereocenters. The number of hydrogen-bond donors (Lipinski definition) is 2. The zero-order valence-corrected chi connectivity index (χ0v) is 23.6. The molecule has 0 saturated carbocycles. The molecule has 3 aromatic heterocycles. The van der Waals surface area contributed by atoms with Crippen molar-refractivity contribution in [3.63, 3.8) is 0 Å². The average Bonchev–Trinajstić information content (AvgIpc) is 3.68. The van der Waals surface area contributed by atoms with Crippen LogP contribution in [0.1, 0.15) is 44.4 Å². The minimum absolute atomic E-state index is 0.461. The smallest absolute Gasteiger partial charge is 0.165 e. The van der Waals surface area contributed by atoms with Crippen LogP contribution in [0.2, 0.25) is 0 Å². The monoisotopic (exact) mass is 533 g/mol. The Bertz CT molecular complexity index is 1520. The number of pyridine rings is 2. The van der Waals surface area contributed by atoms with Gasteiger partial charge in [0.05, 0.1) is 11.3 Å². The highest BCUT2D eigenvalue weighted by atomic mass is 15.2. The van der Waals surface area contributed by atoms with E-state index in [0.717, 1.165) is 83.8 Å². The van der Waals surface area contributed by atoms with Gasteiger partial charge in [0.25, 0.3) is 0 Å². The fourth-order valence-corrected chi connectivity index (χ4v) is 6.04. The summed E-state index contributed by atoms with van der Waals surface area (Å²) < 4.78 is 2.12. The Hall–Kier alpha value is -3.81. The summed E-state index contributed by atoms with van der Waals surface area (Å²) in [4.78, 5) is 17.0. The molecule has 3 N–H and O–H groups in total. The fraction of sp³-hybridized carbons (Fsp3) is 0.364. The summed E-state index contributed by atoms with van der Waals surface area (Å²) in [5, 5.41) is 3.53. The number of nitrogens with one attached hydrogen (secondary N) is 1. The highest BCUT2D eigenvalue weighted by Crippen LogP contribution is 2.32. The maximum Gasteiger partial charge on any atom is 0.165 e. The van der Waals surface area contributed by atoms with E-state index in [4.69, 9.17) is 15.7 Å². The number of benzene rings is 1. The fourth-order valence-electron chi connectivity index (χ4n) is 6.04. The van der Waals surface area contributed by atoms with E-state index in [-0.39, 0.29) is 0 Å². The quantitative estimate of drug-likeness (QED) is 0.334. The van der Waals surface area contributed by atoms with Gasteiger partial charge in [-0.05, 0) is 85.3 Å². The number of fused-ring (bicyclic) bond motifs is 2. The van der Waals surface area contributed by atoms with E-state index in [0.29, 0.717) is 5.82 Å². The average molecular weight is 534 g/mol. The minimum Gasteiger partial charge on any atom is -0.383 e. The number of aromatic nitrogens is 4. The number of likely N-dealkylation sites (tertiary alicyclic amines) is 1. The highest BCUT2D eigenvalue weighted by Gasteiger charge is 2.35. The summed E-state index contributed by atoms with van der Waals surface area (Å²) >= 11 is 0. The second kappa shape index (κ2) is 11.7. The normalized spacial score (nSPS) is 20.3. The van der Waals surface area contributed by atoms with Crippen molar-refractivity contribution in [2.24, 2.45) is 11.8 Å². The summed E-state index contributed by atoms with van der Waals surface area (Å²) in [6.07, 6.45) is 11.7. The van der Waals surface area contributed by atoms with Gasteiger partial charge >= 0.3 is 0 Å². The Kier molecular flexibility index (Phi) is 7.75. The van der Waals surface area contributed by atoms with E-state index < -0.39 is 0 Å². The zero-order valence-electron chi connectivity index (χ0n) is 23.6. The molecule has 4 aromatic rings. The van der Waals surface area contributed by atoms with Gasteiger partial charge in [-0.3, -0.25) is 9.47 Å². The van der Waals surface area contributed by atoms with Gasteiger partial charge in [0.2, 0.25) is 0 Å². The maximum atomic E-state index is 6.31. The van der Waals surface area contributed by atoms with Crippen molar-refractivity contribution in [1.82, 2.24) is 29.7 Å². The molecule has 206 valence electrons. The van der Waals surface area contributed by atoms with E-state index in [1.54, 1.807) is 6.20 Å². The van der Waals surface area contributed by atoms with E-state index in [1.165, 1.54) is 25.1 Å². The molecule has 0 spiro atoms. The van der Waals surface area contributed by atoms with Gasteiger partial charge in [-0.2, -0.15) is 0 Å². The van der Waals surface area contributed by atoms with Crippen LogP contribution in [0.5, 0.6) is 0 Å². The predicted molar refractivity (Wildman–Crippen MR) is 164 cm³/mol. The van der Waals surface area contributed by atoms with E-state index in [9.17, 15) is 0 Å². The third-order valence-electron chi connectivity index (χ3n) is 7.94. The van der Waals surface area contributed by atoms with Crippen LogP contribution in [0.25, 0.3) is 33.8 Å². The second-order valence-corrected chi connectivity index (χ2v) is 11.1. The molecule has 1 aliphatic carbocycles. The van der Waals surface area contributed by atoms with E-state index in [1.807, 2.05) is 12.1 Å². The number of nitrogen functional groups attached to an aromatic ring is 1. The molecule has 1 aromatic carbocycles. The molecule has 3 aliphatic rings. The molecule has 0 amide bonds. The molecule has 7 nitrogen and oxygen atoms in total. The summed E-state index contributed by atoms with van der Waals surface area (Å²) in [5.41, 5.74) is 13.2. The Labute approximate surface area is 236 Å². The van der Waals surface area contributed by atoms with Crippen LogP contribution in [0.4, 0.5) is 5.82 Å². The van der Waals surface area contributed by atoms with Crippen molar-refractivity contribution < 1.29 is 0 Å². The Balaban J connectivity index is 0.000000925. The van der Waals surface area contributed by atoms with Gasteiger partial charge in [0.1, 0.15) is 11.3 Å². The van der Waals surface area contributed by atoms with Gasteiger partial charge in [0.15, 0.2) is 11.5 Å². The SMILES string of the molecule is CCC.Nc1ncccc1-c1nc2ccc(C3=CCCC=C3)nc2n1-c1ccc(CN2CC3CNCC3C2)cc1. The third-order valence-corrected chi connectivity index (χ3v) is 7.94. The van der Waals surface area contributed by atoms with Gasteiger partial charge in [-0.1, -0.05) is 50.6 Å². The highest BCUT2D eigenvalue weighted by molar-refractivity contribution is 5.85. The molecule has 2 fully saturated rings. The Morgan fingerprint density at radius 1 is 0.950 bits per heavy atom. The lowest BCUT2D eigenvalue weighted by Crippen LogP contribution is -2.25. The maximum absolute atomic E-state index is 6.31. The van der Waals surface area contributed by atoms with Crippen molar-refractivity contribution in [2.45, 2.75) is 39.7 Å². The van der Waals surface area contributed by atoms with E-state index >= 15 is 0 Å². The lowest BCUT2D eigenvalue weighted by atomic mass is 10.0. The second-order valence-electron chi connectivity index (χ2n) is 11.1. The van der Waals surface area contributed by atoms with Crippen LogP contribution >= 0.6 is 0 Å². The molecular formula is C33H39N7. The van der Waals surface area contributed by atoms with Crippen molar-refractivity contribution in [1.29, 1.82) is 0 Å². The van der Waals surface area contributed by atoms with Crippen LogP contribution in [0.15, 0.2) is 73.0 Å². The van der Waals surface area contributed by atoms with Crippen molar-refractivity contribution in [3.8, 4) is 17.1 Å². The number of anilines is 1. The largest absolute Gasteiger partial charge is 0.383 e. The van der Waals surface area contributed by atoms with Gasteiger partial charge in [0, 0.05) is 31.5 Å². The predicted octanol–water partition coefficient (Wildman–Crippen LogP) is 5.87. The number of nitrogens with zero attached hydrogens (tertiary/aromatic N) is 5. The molecule has 5 heterocycles. The van der Waals surface area contributed by atoms with Crippen molar-refractivity contribution in [3.05, 3.63) is 84.2 Å². The molecule has 7 rings (SSSR count). The molecule has 0 bridgehead atoms. The molecule has 2 saturated heterocycles. The van der Waals surface area contributed by atoms with E-state index in [2.05, 4.69) is 88.2 Å². The topological polar surface area (TPSA) is 84.9 Å². The van der Waals surface area contributed by atoms with Gasteiger partial charge in [-0.15, -0.1) is 0 Å². The number of imidazole rings is 1. The Morgan fingerprint density at radius 2 is 1.73 bits per heavy atom. The number of allylic oxidation sites excluding steroid dienone is 4. The first-order valence-corrected chi connectivity index (χ1v) is 14.6. The minimum atomic E-state index is 0.461. The molecule has 0 radical (unpaired) electrons. The summed E-state index contributed by atoms with van der Waals surface area (Å²) in [6.45, 7) is 9.94. The zero-order chi connectivity index (χ0) is 27.5. The van der Waals surface area contributed by atoms with Crippen LogP contribution < -0.4 is 11.1 Å². The lowest BCUT2D eigenvalue weighted by molar-refractivity contribution is 0.305. The first kappa shape index (κ1) is 26.4. The van der Waals surface area contributed by atoms with Crippen molar-refractivity contribution >= 4 is 22.6 Å². The summed E-state index contributed by atoms with van der Waals surface area (Å²) in [6, 6.07) is 16.8. The standard InChI is InChI=1S/C30H31N7.C3H8/c31-28-25(7-4-14-33-28)29-35-27-13-12-26(21-5-2-1-3-6-21)34-30(27)37(29)24-10-8-20(9-11-24)17-36-18-22-15-32-16-23(22)19-36;1-3-2/h2,4-14,22-23,32H,1,3,15-19H2,(H2,31,33);3H2,1-2H3. The van der Waals surface area contributed by atoms with Gasteiger partial charge in [-0.25, -0.2) is 15.0 Å². The first-order valence-electron chi connectivity index (χ1n) is 14.6.